The van der Waals surface area contributed by atoms with Crippen molar-refractivity contribution in [1.29, 1.82) is 0 Å². The lowest BCUT2D eigenvalue weighted by atomic mass is 9.93. The molecule has 0 aliphatic rings. The van der Waals surface area contributed by atoms with Crippen LogP contribution in [0.4, 0.5) is 5.69 Å². The molecule has 0 aliphatic heterocycles. The molecule has 0 saturated carbocycles. The largest absolute Gasteiger partial charge is 0.327 e. The molecule has 0 radical (unpaired) electrons. The highest BCUT2D eigenvalue weighted by atomic mass is 79.9. The Balaban J connectivity index is 2.82. The lowest BCUT2D eigenvalue weighted by Gasteiger charge is -2.18. The summed E-state index contributed by atoms with van der Waals surface area (Å²) >= 11 is 3.37. The van der Waals surface area contributed by atoms with Gasteiger partial charge in [-0.05, 0) is 24.3 Å². The number of nitrogens with two attached hydrogens (primary N) is 1. The molecule has 1 aromatic rings. The Morgan fingerprint density at radius 2 is 2.18 bits per heavy atom. The quantitative estimate of drug-likeness (QED) is 0.670. The zero-order chi connectivity index (χ0) is 13.0. The van der Waals surface area contributed by atoms with Gasteiger partial charge in [0.1, 0.15) is 0 Å². The van der Waals surface area contributed by atoms with Crippen LogP contribution in [0.3, 0.4) is 0 Å². The maximum Gasteiger partial charge on any atom is 0.270 e. The molecule has 2 N–H and O–H groups in total. The van der Waals surface area contributed by atoms with Crippen LogP contribution in [-0.4, -0.2) is 11.0 Å². The molecule has 0 aliphatic carbocycles. The number of nitro benzene ring substituents is 1. The van der Waals surface area contributed by atoms with Gasteiger partial charge in [0.05, 0.1) is 4.92 Å². The Bertz CT molecular complexity index is 409. The topological polar surface area (TPSA) is 69.2 Å². The molecule has 4 nitrogen and oxygen atoms in total. The number of non-ortho nitro benzene ring substituents is 1. The van der Waals surface area contributed by atoms with E-state index in [-0.39, 0.29) is 11.7 Å². The highest BCUT2D eigenvalue weighted by molar-refractivity contribution is 9.10. The molecule has 0 bridgehead atoms. The summed E-state index contributed by atoms with van der Waals surface area (Å²) in [6.07, 6.45) is 1.76. The minimum absolute atomic E-state index is 0.105. The van der Waals surface area contributed by atoms with Crippen molar-refractivity contribution in [3.05, 3.63) is 38.3 Å². The number of benzene rings is 1. The van der Waals surface area contributed by atoms with Gasteiger partial charge in [0, 0.05) is 22.6 Å². The Kier molecular flexibility index (Phi) is 5.08. The van der Waals surface area contributed by atoms with E-state index < -0.39 is 4.92 Å². The average Bonchev–Trinajstić information content (AvgIpc) is 2.30. The van der Waals surface area contributed by atoms with Crippen LogP contribution in [0.15, 0.2) is 22.7 Å². The molecule has 1 aromatic carbocycles. The van der Waals surface area contributed by atoms with Gasteiger partial charge in [-0.2, -0.15) is 0 Å². The second-order valence-electron chi connectivity index (χ2n) is 4.29. The van der Waals surface area contributed by atoms with Gasteiger partial charge in [-0.1, -0.05) is 35.8 Å². The molecule has 17 heavy (non-hydrogen) atoms. The molecular formula is C12H17BrN2O2. The zero-order valence-corrected chi connectivity index (χ0v) is 11.6. The molecule has 94 valence electrons. The van der Waals surface area contributed by atoms with Crippen molar-refractivity contribution in [2.45, 2.75) is 32.7 Å². The van der Waals surface area contributed by atoms with Crippen molar-refractivity contribution in [3.63, 3.8) is 0 Å². The highest BCUT2D eigenvalue weighted by Gasteiger charge is 2.15. The van der Waals surface area contributed by atoms with E-state index in [1.165, 1.54) is 6.07 Å². The fourth-order valence-corrected chi connectivity index (χ4v) is 2.24. The molecule has 0 heterocycles. The summed E-state index contributed by atoms with van der Waals surface area (Å²) < 4.78 is 0.779. The number of rotatable bonds is 5. The first-order valence-electron chi connectivity index (χ1n) is 5.64. The zero-order valence-electron chi connectivity index (χ0n) is 10.0. The van der Waals surface area contributed by atoms with Crippen molar-refractivity contribution in [2.75, 3.05) is 0 Å². The van der Waals surface area contributed by atoms with Crippen molar-refractivity contribution >= 4 is 21.6 Å². The van der Waals surface area contributed by atoms with Gasteiger partial charge in [-0.3, -0.25) is 10.1 Å². The van der Waals surface area contributed by atoms with Crippen molar-refractivity contribution in [2.24, 2.45) is 11.7 Å². The van der Waals surface area contributed by atoms with Gasteiger partial charge < -0.3 is 5.73 Å². The van der Waals surface area contributed by atoms with E-state index >= 15 is 0 Å². The summed E-state index contributed by atoms with van der Waals surface area (Å²) in [7, 11) is 0. The third-order valence-electron chi connectivity index (χ3n) is 2.99. The normalized spacial score (nSPS) is 14.4. The van der Waals surface area contributed by atoms with Crippen molar-refractivity contribution in [3.8, 4) is 0 Å². The van der Waals surface area contributed by atoms with Gasteiger partial charge in [0.2, 0.25) is 0 Å². The van der Waals surface area contributed by atoms with Crippen LogP contribution in [0, 0.1) is 16.0 Å². The van der Waals surface area contributed by atoms with Crippen LogP contribution in [0.2, 0.25) is 0 Å². The summed E-state index contributed by atoms with van der Waals surface area (Å²) in [5, 5.41) is 10.6. The Morgan fingerprint density at radius 1 is 1.53 bits per heavy atom. The standard InChI is InChI=1S/C12H17BrN2O2/c1-3-12(14)8(2)6-9-4-5-10(15(16)17)7-11(9)13/h4-5,7-8,12H,3,6,14H2,1-2H3. The second-order valence-corrected chi connectivity index (χ2v) is 5.14. The number of nitro groups is 1. The van der Waals surface area contributed by atoms with Crippen LogP contribution in [0.25, 0.3) is 0 Å². The maximum atomic E-state index is 10.6. The molecule has 0 saturated heterocycles. The molecule has 0 fully saturated rings. The summed E-state index contributed by atoms with van der Waals surface area (Å²) in [5.41, 5.74) is 7.14. The van der Waals surface area contributed by atoms with Crippen LogP contribution in [0.5, 0.6) is 0 Å². The predicted molar refractivity (Wildman–Crippen MR) is 71.9 cm³/mol. The first-order valence-corrected chi connectivity index (χ1v) is 6.43. The molecule has 0 amide bonds. The van der Waals surface area contributed by atoms with E-state index in [4.69, 9.17) is 5.73 Å². The van der Waals surface area contributed by atoms with Crippen LogP contribution >= 0.6 is 15.9 Å². The second kappa shape index (κ2) is 6.12. The molecule has 0 spiro atoms. The predicted octanol–water partition coefficient (Wildman–Crippen LogP) is 3.27. The molecule has 1 rings (SSSR count). The van der Waals surface area contributed by atoms with Gasteiger partial charge in [0.25, 0.3) is 5.69 Å². The fourth-order valence-electron chi connectivity index (χ4n) is 1.72. The SMILES string of the molecule is CCC(N)C(C)Cc1ccc([N+](=O)[O-])cc1Br. The van der Waals surface area contributed by atoms with Crippen molar-refractivity contribution in [1.82, 2.24) is 0 Å². The van der Waals surface area contributed by atoms with Gasteiger partial charge in [0.15, 0.2) is 0 Å². The Morgan fingerprint density at radius 3 is 2.65 bits per heavy atom. The summed E-state index contributed by atoms with van der Waals surface area (Å²) in [5.74, 6) is 0.359. The number of hydrogen-bond acceptors (Lipinski definition) is 3. The van der Waals surface area contributed by atoms with E-state index in [2.05, 4.69) is 29.8 Å². The van der Waals surface area contributed by atoms with Gasteiger partial charge in [-0.15, -0.1) is 0 Å². The minimum Gasteiger partial charge on any atom is -0.327 e. The van der Waals surface area contributed by atoms with E-state index in [1.54, 1.807) is 12.1 Å². The van der Waals surface area contributed by atoms with Gasteiger partial charge >= 0.3 is 0 Å². The number of hydrogen-bond donors (Lipinski definition) is 1. The van der Waals surface area contributed by atoms with E-state index in [0.29, 0.717) is 5.92 Å². The van der Waals surface area contributed by atoms with E-state index in [9.17, 15) is 10.1 Å². The first-order chi connectivity index (χ1) is 7.95. The smallest absolute Gasteiger partial charge is 0.270 e. The lowest BCUT2D eigenvalue weighted by Crippen LogP contribution is -2.28. The van der Waals surface area contributed by atoms with Crippen LogP contribution < -0.4 is 5.73 Å². The Labute approximate surface area is 109 Å². The summed E-state index contributed by atoms with van der Waals surface area (Å²) in [4.78, 5) is 10.2. The molecule has 5 heteroatoms. The van der Waals surface area contributed by atoms with Crippen molar-refractivity contribution < 1.29 is 4.92 Å². The summed E-state index contributed by atoms with van der Waals surface area (Å²) in [6, 6.07) is 5.03. The number of halogens is 1. The molecule has 2 atom stereocenters. The van der Waals surface area contributed by atoms with Crippen LogP contribution in [0.1, 0.15) is 25.8 Å². The molecule has 2 unspecified atom stereocenters. The maximum absolute atomic E-state index is 10.6. The van der Waals surface area contributed by atoms with Gasteiger partial charge in [-0.25, -0.2) is 0 Å². The third-order valence-corrected chi connectivity index (χ3v) is 3.73. The average molecular weight is 301 g/mol. The fraction of sp³-hybridized carbons (Fsp3) is 0.500. The third kappa shape index (κ3) is 3.78. The minimum atomic E-state index is -0.393. The first kappa shape index (κ1) is 14.1. The molecular weight excluding hydrogens is 284 g/mol. The Hall–Kier alpha value is -0.940. The molecule has 0 aromatic heterocycles. The van der Waals surface area contributed by atoms with Crippen LogP contribution in [-0.2, 0) is 6.42 Å². The summed E-state index contributed by atoms with van der Waals surface area (Å²) in [6.45, 7) is 4.16. The lowest BCUT2D eigenvalue weighted by molar-refractivity contribution is -0.384. The van der Waals surface area contributed by atoms with E-state index in [1.807, 2.05) is 0 Å². The van der Waals surface area contributed by atoms with E-state index in [0.717, 1.165) is 22.9 Å². The highest BCUT2D eigenvalue weighted by Crippen LogP contribution is 2.25. The monoisotopic (exact) mass is 300 g/mol. The number of nitrogens with zero attached hydrogens (tertiary/aromatic N) is 1.